The quantitative estimate of drug-likeness (QED) is 0.714. The highest BCUT2D eigenvalue weighted by Gasteiger charge is 2.26. The van der Waals surface area contributed by atoms with Gasteiger partial charge in [0, 0.05) is 26.6 Å². The Morgan fingerprint density at radius 3 is 3.07 bits per heavy atom. The normalized spacial score (nSPS) is 20.9. The van der Waals surface area contributed by atoms with Gasteiger partial charge in [-0.3, -0.25) is 4.79 Å². The van der Waals surface area contributed by atoms with E-state index in [1.54, 1.807) is 6.92 Å². The fourth-order valence-electron chi connectivity index (χ4n) is 1.83. The summed E-state index contributed by atoms with van der Waals surface area (Å²) < 4.78 is 1.81. The number of rotatable bonds is 2. The van der Waals surface area contributed by atoms with Crippen molar-refractivity contribution in [3.8, 4) is 0 Å². The van der Waals surface area contributed by atoms with Gasteiger partial charge >= 0.3 is 0 Å². The van der Waals surface area contributed by atoms with E-state index in [0.29, 0.717) is 6.54 Å². The number of carbonyl (C=O) groups excluding carboxylic acids is 1. The molecule has 1 aliphatic heterocycles. The van der Waals surface area contributed by atoms with Crippen LogP contribution in [0.15, 0.2) is 6.20 Å². The molecular weight excluding hydrogens is 194 g/mol. The van der Waals surface area contributed by atoms with Crippen LogP contribution in [0, 0.1) is 0 Å². The van der Waals surface area contributed by atoms with Crippen molar-refractivity contribution in [2.45, 2.75) is 25.9 Å². The molecule has 2 heterocycles. The Morgan fingerprint density at radius 1 is 1.73 bits per heavy atom. The van der Waals surface area contributed by atoms with Gasteiger partial charge in [-0.05, 0) is 6.42 Å². The molecule has 1 atom stereocenters. The zero-order valence-electron chi connectivity index (χ0n) is 8.76. The largest absolute Gasteiger partial charge is 0.341 e. The first kappa shape index (κ1) is 10.1. The third-order valence-electron chi connectivity index (χ3n) is 2.75. The van der Waals surface area contributed by atoms with E-state index in [1.807, 2.05) is 15.8 Å². The molecule has 1 aliphatic rings. The van der Waals surface area contributed by atoms with Crippen LogP contribution in [-0.4, -0.2) is 38.9 Å². The predicted octanol–water partition coefficient (Wildman–Crippen LogP) is -0.470. The molecule has 2 rings (SSSR count). The van der Waals surface area contributed by atoms with E-state index in [1.165, 1.54) is 0 Å². The second kappa shape index (κ2) is 3.98. The summed E-state index contributed by atoms with van der Waals surface area (Å²) in [6, 6.07) is 0.252. The fraction of sp³-hybridized carbons (Fsp3) is 0.667. The Bertz CT molecular complexity index is 361. The molecule has 0 bridgehead atoms. The molecule has 1 aromatic rings. The highest BCUT2D eigenvalue weighted by molar-refractivity contribution is 5.73. The summed E-state index contributed by atoms with van der Waals surface area (Å²) in [5, 5.41) is 7.95. The van der Waals surface area contributed by atoms with Gasteiger partial charge in [-0.25, -0.2) is 4.68 Å². The molecule has 2 N–H and O–H groups in total. The topological polar surface area (TPSA) is 77.0 Å². The second-order valence-electron chi connectivity index (χ2n) is 3.80. The number of nitrogens with zero attached hydrogens (tertiary/aromatic N) is 4. The van der Waals surface area contributed by atoms with Crippen LogP contribution < -0.4 is 5.73 Å². The maximum atomic E-state index is 11.1. The van der Waals surface area contributed by atoms with E-state index in [9.17, 15) is 4.79 Å². The monoisotopic (exact) mass is 209 g/mol. The van der Waals surface area contributed by atoms with Crippen LogP contribution in [0.5, 0.6) is 0 Å². The fourth-order valence-corrected chi connectivity index (χ4v) is 1.83. The number of nitrogens with two attached hydrogens (primary N) is 1. The van der Waals surface area contributed by atoms with E-state index in [0.717, 1.165) is 25.2 Å². The maximum absolute atomic E-state index is 11.1. The number of carbonyl (C=O) groups is 1. The van der Waals surface area contributed by atoms with Crippen molar-refractivity contribution in [2.24, 2.45) is 5.73 Å². The SMILES string of the molecule is CC(=O)N1CCC(n2cc(CN)nn2)C1. The number of hydrogen-bond acceptors (Lipinski definition) is 4. The minimum Gasteiger partial charge on any atom is -0.341 e. The lowest BCUT2D eigenvalue weighted by atomic mass is 10.3. The molecule has 0 saturated carbocycles. The van der Waals surface area contributed by atoms with Gasteiger partial charge in [0.25, 0.3) is 0 Å². The number of hydrogen-bond donors (Lipinski definition) is 1. The molecule has 0 spiro atoms. The third kappa shape index (κ3) is 1.99. The van der Waals surface area contributed by atoms with Crippen LogP contribution in [0.2, 0.25) is 0 Å². The molecule has 1 saturated heterocycles. The standard InChI is InChI=1S/C9H15N5O/c1-7(15)13-3-2-9(6-13)14-5-8(4-10)11-12-14/h5,9H,2-4,6,10H2,1H3. The molecule has 1 fully saturated rings. The van der Waals surface area contributed by atoms with Crippen LogP contribution in [0.25, 0.3) is 0 Å². The van der Waals surface area contributed by atoms with Gasteiger partial charge in [-0.15, -0.1) is 5.10 Å². The Hall–Kier alpha value is -1.43. The Labute approximate surface area is 88.0 Å². The lowest BCUT2D eigenvalue weighted by Crippen LogP contribution is -2.26. The van der Waals surface area contributed by atoms with Gasteiger partial charge in [0.15, 0.2) is 0 Å². The van der Waals surface area contributed by atoms with E-state index in [2.05, 4.69) is 10.3 Å². The first-order valence-electron chi connectivity index (χ1n) is 5.07. The molecular formula is C9H15N5O. The predicted molar refractivity (Wildman–Crippen MR) is 53.8 cm³/mol. The number of aromatic nitrogens is 3. The molecule has 82 valence electrons. The summed E-state index contributed by atoms with van der Waals surface area (Å²) in [7, 11) is 0. The van der Waals surface area contributed by atoms with Crippen molar-refractivity contribution >= 4 is 5.91 Å². The van der Waals surface area contributed by atoms with Gasteiger partial charge in [0.1, 0.15) is 0 Å². The molecule has 6 nitrogen and oxygen atoms in total. The first-order chi connectivity index (χ1) is 7.20. The molecule has 1 unspecified atom stereocenters. The summed E-state index contributed by atoms with van der Waals surface area (Å²) in [5.74, 6) is 0.122. The second-order valence-corrected chi connectivity index (χ2v) is 3.80. The minimum absolute atomic E-state index is 0.122. The zero-order chi connectivity index (χ0) is 10.8. The van der Waals surface area contributed by atoms with Crippen molar-refractivity contribution in [1.82, 2.24) is 19.9 Å². The summed E-state index contributed by atoms with van der Waals surface area (Å²) >= 11 is 0. The van der Waals surface area contributed by atoms with Crippen LogP contribution in [-0.2, 0) is 11.3 Å². The third-order valence-corrected chi connectivity index (χ3v) is 2.75. The van der Waals surface area contributed by atoms with Crippen molar-refractivity contribution in [3.63, 3.8) is 0 Å². The van der Waals surface area contributed by atoms with Crippen molar-refractivity contribution in [1.29, 1.82) is 0 Å². The molecule has 6 heteroatoms. The summed E-state index contributed by atoms with van der Waals surface area (Å²) in [5.41, 5.74) is 6.25. The maximum Gasteiger partial charge on any atom is 0.219 e. The summed E-state index contributed by atoms with van der Waals surface area (Å²) in [6.45, 7) is 3.53. The molecule has 0 aliphatic carbocycles. The average molecular weight is 209 g/mol. The van der Waals surface area contributed by atoms with E-state index in [-0.39, 0.29) is 11.9 Å². The molecule has 1 amide bonds. The molecule has 0 aromatic carbocycles. The number of amides is 1. The van der Waals surface area contributed by atoms with Gasteiger partial charge in [-0.2, -0.15) is 0 Å². The summed E-state index contributed by atoms with van der Waals surface area (Å²) in [4.78, 5) is 13.0. The smallest absolute Gasteiger partial charge is 0.219 e. The Kier molecular flexibility index (Phi) is 2.68. The van der Waals surface area contributed by atoms with E-state index >= 15 is 0 Å². The molecule has 1 aromatic heterocycles. The van der Waals surface area contributed by atoms with Gasteiger partial charge < -0.3 is 10.6 Å². The highest BCUT2D eigenvalue weighted by Crippen LogP contribution is 2.20. The van der Waals surface area contributed by atoms with Gasteiger partial charge in [0.05, 0.1) is 17.9 Å². The van der Waals surface area contributed by atoms with Crippen molar-refractivity contribution < 1.29 is 4.79 Å². The van der Waals surface area contributed by atoms with E-state index < -0.39 is 0 Å². The molecule has 15 heavy (non-hydrogen) atoms. The lowest BCUT2D eigenvalue weighted by molar-refractivity contribution is -0.127. The van der Waals surface area contributed by atoms with Gasteiger partial charge in [0.2, 0.25) is 5.91 Å². The van der Waals surface area contributed by atoms with E-state index in [4.69, 9.17) is 5.73 Å². The Balaban J connectivity index is 2.04. The van der Waals surface area contributed by atoms with Crippen LogP contribution in [0.4, 0.5) is 0 Å². The molecule has 0 radical (unpaired) electrons. The first-order valence-corrected chi connectivity index (χ1v) is 5.07. The van der Waals surface area contributed by atoms with Crippen LogP contribution in [0.1, 0.15) is 25.1 Å². The van der Waals surface area contributed by atoms with Gasteiger partial charge in [-0.1, -0.05) is 5.21 Å². The number of likely N-dealkylation sites (tertiary alicyclic amines) is 1. The van der Waals surface area contributed by atoms with Crippen LogP contribution >= 0.6 is 0 Å². The minimum atomic E-state index is 0.122. The highest BCUT2D eigenvalue weighted by atomic mass is 16.2. The lowest BCUT2D eigenvalue weighted by Gasteiger charge is -2.13. The van der Waals surface area contributed by atoms with Crippen LogP contribution in [0.3, 0.4) is 0 Å². The Morgan fingerprint density at radius 2 is 2.53 bits per heavy atom. The van der Waals surface area contributed by atoms with Crippen molar-refractivity contribution in [3.05, 3.63) is 11.9 Å². The average Bonchev–Trinajstić information content (AvgIpc) is 2.86. The van der Waals surface area contributed by atoms with Crippen molar-refractivity contribution in [2.75, 3.05) is 13.1 Å². The summed E-state index contributed by atoms with van der Waals surface area (Å²) in [6.07, 6.45) is 2.79. The zero-order valence-corrected chi connectivity index (χ0v) is 8.76.